The second-order valence-electron chi connectivity index (χ2n) is 7.69. The van der Waals surface area contributed by atoms with Crippen LogP contribution in [0, 0.1) is 0 Å². The molecule has 0 aromatic heterocycles. The van der Waals surface area contributed by atoms with Crippen LogP contribution < -0.4 is 15.0 Å². The molecular weight excluding hydrogens is 402 g/mol. The Morgan fingerprint density at radius 3 is 2.22 bits per heavy atom. The minimum absolute atomic E-state index is 0.0412. The molecule has 0 atom stereocenters. The van der Waals surface area contributed by atoms with Crippen molar-refractivity contribution in [3.8, 4) is 5.75 Å². The number of hydrogen-bond donors (Lipinski definition) is 1. The van der Waals surface area contributed by atoms with Gasteiger partial charge in [0.15, 0.2) is 6.61 Å². The van der Waals surface area contributed by atoms with Gasteiger partial charge in [0.05, 0.1) is 0 Å². The number of carbonyl (C=O) groups excluding carboxylic acids is 2. The molecule has 3 aromatic carbocycles. The van der Waals surface area contributed by atoms with Crippen molar-refractivity contribution < 1.29 is 14.3 Å². The molecule has 6 nitrogen and oxygen atoms in total. The smallest absolute Gasteiger partial charge is 0.260 e. The Hall–Kier alpha value is -3.80. The fourth-order valence-electron chi connectivity index (χ4n) is 3.70. The number of nitrogens with zero attached hydrogens (tertiary/aromatic N) is 2. The third kappa shape index (κ3) is 5.66. The topological polar surface area (TPSA) is 61.9 Å². The van der Waals surface area contributed by atoms with Crippen LogP contribution in [0.3, 0.4) is 0 Å². The maximum Gasteiger partial charge on any atom is 0.260 e. The summed E-state index contributed by atoms with van der Waals surface area (Å²) >= 11 is 0. The molecule has 1 aliphatic heterocycles. The van der Waals surface area contributed by atoms with Gasteiger partial charge in [0, 0.05) is 44.0 Å². The maximum absolute atomic E-state index is 12.6. The lowest BCUT2D eigenvalue weighted by Crippen LogP contribution is -2.50. The largest absolute Gasteiger partial charge is 0.484 e. The van der Waals surface area contributed by atoms with E-state index in [1.807, 2.05) is 53.4 Å². The molecule has 0 bridgehead atoms. The minimum Gasteiger partial charge on any atom is -0.484 e. The van der Waals surface area contributed by atoms with Crippen LogP contribution >= 0.6 is 0 Å². The van der Waals surface area contributed by atoms with Gasteiger partial charge in [0.1, 0.15) is 5.75 Å². The Bertz CT molecular complexity index is 1030. The molecule has 32 heavy (non-hydrogen) atoms. The van der Waals surface area contributed by atoms with E-state index in [1.54, 1.807) is 24.3 Å². The van der Waals surface area contributed by atoms with Crippen LogP contribution in [0.2, 0.25) is 0 Å². The number of anilines is 1. The van der Waals surface area contributed by atoms with Gasteiger partial charge in [-0.2, -0.15) is 0 Å². The summed E-state index contributed by atoms with van der Waals surface area (Å²) in [4.78, 5) is 29.2. The molecule has 1 N–H and O–H groups in total. The van der Waals surface area contributed by atoms with Gasteiger partial charge in [-0.05, 0) is 35.9 Å². The van der Waals surface area contributed by atoms with E-state index < -0.39 is 0 Å². The van der Waals surface area contributed by atoms with Crippen molar-refractivity contribution in [3.63, 3.8) is 0 Å². The molecule has 3 aromatic rings. The highest BCUT2D eigenvalue weighted by molar-refractivity contribution is 5.94. The van der Waals surface area contributed by atoms with Crippen LogP contribution in [-0.4, -0.2) is 49.5 Å². The fourth-order valence-corrected chi connectivity index (χ4v) is 3.70. The number of carbonyl (C=O) groups is 2. The standard InChI is InChI=1S/C26H27N3O3/c30-25(29-16-14-28(15-17-29)23-11-5-2-6-12-23)20-32-24-13-7-10-22(18-24)26(31)27-19-21-8-3-1-4-9-21/h1-13,18H,14-17,19-20H2,(H,27,31). The number of para-hydroxylation sites is 1. The van der Waals surface area contributed by atoms with Gasteiger partial charge in [0.25, 0.3) is 11.8 Å². The van der Waals surface area contributed by atoms with Crippen molar-refractivity contribution in [2.75, 3.05) is 37.7 Å². The Kier molecular flexibility index (Phi) is 7.02. The normalized spacial score (nSPS) is 13.5. The molecule has 0 unspecified atom stereocenters. The molecule has 0 radical (unpaired) electrons. The highest BCUT2D eigenvalue weighted by atomic mass is 16.5. The van der Waals surface area contributed by atoms with E-state index in [0.29, 0.717) is 30.9 Å². The summed E-state index contributed by atoms with van der Waals surface area (Å²) in [6.45, 7) is 3.34. The molecule has 0 saturated carbocycles. The van der Waals surface area contributed by atoms with Crippen molar-refractivity contribution in [3.05, 3.63) is 96.1 Å². The summed E-state index contributed by atoms with van der Waals surface area (Å²) < 4.78 is 5.70. The average molecular weight is 430 g/mol. The van der Waals surface area contributed by atoms with E-state index in [1.165, 1.54) is 5.69 Å². The average Bonchev–Trinajstić information content (AvgIpc) is 2.87. The van der Waals surface area contributed by atoms with Crippen LogP contribution in [0.4, 0.5) is 5.69 Å². The Labute approximate surface area is 188 Å². The fraction of sp³-hybridized carbons (Fsp3) is 0.231. The Morgan fingerprint density at radius 2 is 1.50 bits per heavy atom. The molecule has 0 spiro atoms. The molecule has 0 aliphatic carbocycles. The molecule has 1 saturated heterocycles. The van der Waals surface area contributed by atoms with Crippen molar-refractivity contribution in [2.45, 2.75) is 6.54 Å². The van der Waals surface area contributed by atoms with Crippen LogP contribution in [0.5, 0.6) is 5.75 Å². The van der Waals surface area contributed by atoms with E-state index in [4.69, 9.17) is 4.74 Å². The number of hydrogen-bond acceptors (Lipinski definition) is 4. The predicted molar refractivity (Wildman–Crippen MR) is 125 cm³/mol. The van der Waals surface area contributed by atoms with Crippen molar-refractivity contribution in [2.24, 2.45) is 0 Å². The third-order valence-electron chi connectivity index (χ3n) is 5.51. The number of piperazine rings is 1. The van der Waals surface area contributed by atoms with Crippen LogP contribution in [0.25, 0.3) is 0 Å². The summed E-state index contributed by atoms with van der Waals surface area (Å²) in [6.07, 6.45) is 0. The van der Waals surface area contributed by atoms with Crippen LogP contribution in [0.1, 0.15) is 15.9 Å². The predicted octanol–water partition coefficient (Wildman–Crippen LogP) is 3.34. The van der Waals surface area contributed by atoms with E-state index in [2.05, 4.69) is 22.3 Å². The molecule has 4 rings (SSSR count). The van der Waals surface area contributed by atoms with Crippen LogP contribution in [-0.2, 0) is 11.3 Å². The first-order chi connectivity index (χ1) is 15.7. The van der Waals surface area contributed by atoms with E-state index in [0.717, 1.165) is 18.7 Å². The second-order valence-corrected chi connectivity index (χ2v) is 7.69. The maximum atomic E-state index is 12.6. The zero-order valence-electron chi connectivity index (χ0n) is 17.9. The van der Waals surface area contributed by atoms with E-state index >= 15 is 0 Å². The van der Waals surface area contributed by atoms with Gasteiger partial charge in [-0.3, -0.25) is 9.59 Å². The first kappa shape index (κ1) is 21.4. The molecule has 2 amide bonds. The number of ether oxygens (including phenoxy) is 1. The number of benzene rings is 3. The highest BCUT2D eigenvalue weighted by Crippen LogP contribution is 2.17. The minimum atomic E-state index is -0.178. The molecule has 1 aliphatic rings. The Balaban J connectivity index is 1.25. The van der Waals surface area contributed by atoms with Gasteiger partial charge >= 0.3 is 0 Å². The SMILES string of the molecule is O=C(NCc1ccccc1)c1cccc(OCC(=O)N2CCN(c3ccccc3)CC2)c1. The highest BCUT2D eigenvalue weighted by Gasteiger charge is 2.21. The summed E-state index contributed by atoms with van der Waals surface area (Å²) in [5, 5.41) is 2.90. The van der Waals surface area contributed by atoms with Gasteiger partial charge < -0.3 is 19.9 Å². The lowest BCUT2D eigenvalue weighted by molar-refractivity contribution is -0.133. The van der Waals surface area contributed by atoms with Gasteiger partial charge in [-0.25, -0.2) is 0 Å². The van der Waals surface area contributed by atoms with Crippen LogP contribution in [0.15, 0.2) is 84.9 Å². The molecule has 1 heterocycles. The number of nitrogens with one attached hydrogen (secondary N) is 1. The van der Waals surface area contributed by atoms with Crippen molar-refractivity contribution in [1.82, 2.24) is 10.2 Å². The first-order valence-electron chi connectivity index (χ1n) is 10.8. The van der Waals surface area contributed by atoms with Crippen molar-refractivity contribution in [1.29, 1.82) is 0 Å². The van der Waals surface area contributed by atoms with Gasteiger partial charge in [-0.1, -0.05) is 54.6 Å². The van der Waals surface area contributed by atoms with E-state index in [9.17, 15) is 9.59 Å². The quantitative estimate of drug-likeness (QED) is 0.626. The molecule has 164 valence electrons. The van der Waals surface area contributed by atoms with Crippen molar-refractivity contribution >= 4 is 17.5 Å². The zero-order valence-corrected chi connectivity index (χ0v) is 17.9. The second kappa shape index (κ2) is 10.5. The first-order valence-corrected chi connectivity index (χ1v) is 10.8. The molecule has 1 fully saturated rings. The van der Waals surface area contributed by atoms with Gasteiger partial charge in [0.2, 0.25) is 0 Å². The summed E-state index contributed by atoms with van der Waals surface area (Å²) in [5.74, 6) is 0.285. The van der Waals surface area contributed by atoms with E-state index in [-0.39, 0.29) is 18.4 Å². The summed E-state index contributed by atoms with van der Waals surface area (Å²) in [7, 11) is 0. The Morgan fingerprint density at radius 1 is 0.812 bits per heavy atom. The summed E-state index contributed by atoms with van der Waals surface area (Å²) in [5.41, 5.74) is 2.71. The molecule has 6 heteroatoms. The number of amides is 2. The lowest BCUT2D eigenvalue weighted by atomic mass is 10.2. The monoisotopic (exact) mass is 429 g/mol. The lowest BCUT2D eigenvalue weighted by Gasteiger charge is -2.36. The molecular formula is C26H27N3O3. The summed E-state index contributed by atoms with van der Waals surface area (Å²) in [6, 6.07) is 26.9. The van der Waals surface area contributed by atoms with Gasteiger partial charge in [-0.15, -0.1) is 0 Å². The zero-order chi connectivity index (χ0) is 22.2. The number of rotatable bonds is 7. The third-order valence-corrected chi connectivity index (χ3v) is 5.51.